The summed E-state index contributed by atoms with van der Waals surface area (Å²) < 4.78 is 0. The van der Waals surface area contributed by atoms with Crippen molar-refractivity contribution < 1.29 is 14.7 Å². The molecule has 38 heavy (non-hydrogen) atoms. The molecule has 0 saturated heterocycles. The highest BCUT2D eigenvalue weighted by molar-refractivity contribution is 7.14. The third-order valence-electron chi connectivity index (χ3n) is 7.29. The summed E-state index contributed by atoms with van der Waals surface area (Å²) in [6.07, 6.45) is 9.13. The summed E-state index contributed by atoms with van der Waals surface area (Å²) in [6, 6.07) is 7.42. The lowest BCUT2D eigenvalue weighted by Gasteiger charge is -2.43. The summed E-state index contributed by atoms with van der Waals surface area (Å²) in [7, 11) is 0. The first-order chi connectivity index (χ1) is 18.3. The summed E-state index contributed by atoms with van der Waals surface area (Å²) in [4.78, 5) is 43.0. The van der Waals surface area contributed by atoms with Crippen LogP contribution in [-0.2, 0) is 9.59 Å². The quantitative estimate of drug-likeness (QED) is 0.420. The van der Waals surface area contributed by atoms with Crippen molar-refractivity contribution in [3.8, 4) is 22.8 Å². The number of aliphatic hydroxyl groups is 1. The first kappa shape index (κ1) is 25.9. The van der Waals surface area contributed by atoms with Crippen molar-refractivity contribution >= 4 is 28.3 Å². The number of anilines is 1. The highest BCUT2D eigenvalue weighted by Crippen LogP contribution is 2.48. The number of hydrogen-bond acceptors (Lipinski definition) is 8. The molecule has 10 heteroatoms. The lowest BCUT2D eigenvalue weighted by Crippen LogP contribution is -2.39. The van der Waals surface area contributed by atoms with E-state index in [4.69, 9.17) is 0 Å². The molecule has 2 aliphatic rings. The number of thiazole rings is 1. The van der Waals surface area contributed by atoms with Crippen LogP contribution in [0.2, 0.25) is 0 Å². The fourth-order valence-corrected chi connectivity index (χ4v) is 5.85. The third-order valence-corrected chi connectivity index (χ3v) is 8.05. The van der Waals surface area contributed by atoms with Gasteiger partial charge in [0, 0.05) is 23.8 Å². The largest absolute Gasteiger partial charge is 0.396 e. The van der Waals surface area contributed by atoms with Gasteiger partial charge in [0.15, 0.2) is 5.13 Å². The molecule has 196 valence electrons. The highest BCUT2D eigenvalue weighted by atomic mass is 32.1. The molecule has 1 saturated carbocycles. The van der Waals surface area contributed by atoms with E-state index in [1.807, 2.05) is 42.7 Å². The van der Waals surface area contributed by atoms with Crippen molar-refractivity contribution in [2.75, 3.05) is 18.5 Å². The molecule has 2 amide bonds. The Morgan fingerprint density at radius 2 is 1.89 bits per heavy atom. The third kappa shape index (κ3) is 5.56. The van der Waals surface area contributed by atoms with Gasteiger partial charge in [0.2, 0.25) is 11.8 Å². The molecule has 0 radical (unpaired) electrons. The van der Waals surface area contributed by atoms with Crippen molar-refractivity contribution in [2.45, 2.75) is 39.5 Å². The topological polar surface area (TPSA) is 130 Å². The lowest BCUT2D eigenvalue weighted by molar-refractivity contribution is -0.121. The number of pyridine rings is 1. The molecule has 3 aromatic rings. The predicted molar refractivity (Wildman–Crippen MR) is 146 cm³/mol. The Labute approximate surface area is 225 Å². The fraction of sp³-hybridized carbons (Fsp3) is 0.357. The van der Waals surface area contributed by atoms with Gasteiger partial charge in [-0.15, -0.1) is 11.3 Å². The van der Waals surface area contributed by atoms with Crippen molar-refractivity contribution in [1.82, 2.24) is 25.3 Å². The standard InChI is InChI=1S/C28H30N6O3S/c1-17-29-12-10-23(31-17)21-6-3-7-22(32-21)24-15-38-27(33-24)34-25(36)14-30-26(37)19-9-8-18-5-4-11-28(2,16-35)20(18)13-19/h3,6-10,12,15,20,35H,4-5,11,13-14,16H2,1-2H3,(H,30,37)(H,33,34,36)/t20?,28-/m1/s1. The number of nitrogens with one attached hydrogen (secondary N) is 2. The van der Waals surface area contributed by atoms with E-state index in [0.29, 0.717) is 40.0 Å². The Bertz CT molecular complexity index is 1430. The number of fused-ring (bicyclic) bond motifs is 1. The van der Waals surface area contributed by atoms with Crippen LogP contribution in [0.1, 0.15) is 38.4 Å². The van der Waals surface area contributed by atoms with Gasteiger partial charge in [-0.05, 0) is 62.1 Å². The number of carbonyl (C=O) groups excluding carboxylic acids is 2. The Kier molecular flexibility index (Phi) is 7.44. The Morgan fingerprint density at radius 3 is 2.68 bits per heavy atom. The van der Waals surface area contributed by atoms with E-state index in [1.54, 1.807) is 12.3 Å². The Hall–Kier alpha value is -3.76. The molecule has 2 atom stereocenters. The molecular weight excluding hydrogens is 500 g/mol. The van der Waals surface area contributed by atoms with Crippen molar-refractivity contribution in [3.05, 3.63) is 65.0 Å². The monoisotopic (exact) mass is 530 g/mol. The number of carbonyl (C=O) groups is 2. The van der Waals surface area contributed by atoms with Crippen LogP contribution in [0.4, 0.5) is 5.13 Å². The zero-order valence-electron chi connectivity index (χ0n) is 21.4. The minimum Gasteiger partial charge on any atom is -0.396 e. The number of amides is 2. The van der Waals surface area contributed by atoms with Crippen LogP contribution >= 0.6 is 11.3 Å². The molecule has 0 bridgehead atoms. The van der Waals surface area contributed by atoms with Crippen molar-refractivity contribution in [1.29, 1.82) is 0 Å². The predicted octanol–water partition coefficient (Wildman–Crippen LogP) is 4.08. The number of nitrogens with zero attached hydrogens (tertiary/aromatic N) is 4. The fourth-order valence-electron chi connectivity index (χ4n) is 5.13. The second kappa shape index (κ2) is 10.9. The van der Waals surface area contributed by atoms with Crippen LogP contribution in [0.15, 0.2) is 59.1 Å². The van der Waals surface area contributed by atoms with Crippen LogP contribution in [-0.4, -0.2) is 50.0 Å². The highest BCUT2D eigenvalue weighted by Gasteiger charge is 2.40. The van der Waals surface area contributed by atoms with Gasteiger partial charge in [-0.2, -0.15) is 0 Å². The van der Waals surface area contributed by atoms with E-state index in [-0.39, 0.29) is 36.3 Å². The van der Waals surface area contributed by atoms with Gasteiger partial charge < -0.3 is 15.7 Å². The molecule has 0 aromatic carbocycles. The molecule has 3 aromatic heterocycles. The maximum Gasteiger partial charge on any atom is 0.247 e. The van der Waals surface area contributed by atoms with E-state index in [1.165, 1.54) is 16.9 Å². The van der Waals surface area contributed by atoms with Crippen molar-refractivity contribution in [2.24, 2.45) is 11.3 Å². The minimum atomic E-state index is -0.358. The van der Waals surface area contributed by atoms with E-state index >= 15 is 0 Å². The maximum atomic E-state index is 12.8. The first-order valence-corrected chi connectivity index (χ1v) is 13.5. The molecule has 9 nitrogen and oxygen atoms in total. The van der Waals surface area contributed by atoms with E-state index in [2.05, 4.69) is 37.5 Å². The molecular formula is C28H30N6O3S. The lowest BCUT2D eigenvalue weighted by atomic mass is 9.62. The molecule has 3 heterocycles. The molecule has 0 aliphatic heterocycles. The van der Waals surface area contributed by atoms with Crippen LogP contribution in [0.3, 0.4) is 0 Å². The van der Waals surface area contributed by atoms with Crippen molar-refractivity contribution in [3.63, 3.8) is 0 Å². The average molecular weight is 531 g/mol. The first-order valence-electron chi connectivity index (χ1n) is 12.7. The molecule has 0 spiro atoms. The summed E-state index contributed by atoms with van der Waals surface area (Å²) in [6.45, 7) is 3.85. The second-order valence-corrected chi connectivity index (χ2v) is 10.9. The maximum absolute atomic E-state index is 12.8. The van der Waals surface area contributed by atoms with Gasteiger partial charge in [0.05, 0.1) is 23.6 Å². The van der Waals surface area contributed by atoms with Crippen LogP contribution < -0.4 is 10.6 Å². The van der Waals surface area contributed by atoms with Gasteiger partial charge in [-0.3, -0.25) is 9.59 Å². The van der Waals surface area contributed by atoms with Gasteiger partial charge in [0.25, 0.3) is 0 Å². The molecule has 1 fully saturated rings. The molecule has 2 aliphatic carbocycles. The van der Waals surface area contributed by atoms with Gasteiger partial charge >= 0.3 is 0 Å². The van der Waals surface area contributed by atoms with E-state index < -0.39 is 0 Å². The number of allylic oxidation sites excluding steroid dienone is 3. The smallest absolute Gasteiger partial charge is 0.247 e. The number of rotatable bonds is 7. The van der Waals surface area contributed by atoms with Gasteiger partial charge in [0.1, 0.15) is 11.5 Å². The summed E-state index contributed by atoms with van der Waals surface area (Å²) in [5.41, 5.74) is 4.45. The molecule has 3 N–H and O–H groups in total. The second-order valence-electron chi connectivity index (χ2n) is 10.0. The van der Waals surface area contributed by atoms with Gasteiger partial charge in [-0.1, -0.05) is 30.7 Å². The van der Waals surface area contributed by atoms with Crippen LogP contribution in [0, 0.1) is 18.3 Å². The molecule has 5 rings (SSSR count). The summed E-state index contributed by atoms with van der Waals surface area (Å²) >= 11 is 1.29. The summed E-state index contributed by atoms with van der Waals surface area (Å²) in [5, 5.41) is 17.7. The van der Waals surface area contributed by atoms with E-state index in [9.17, 15) is 14.7 Å². The zero-order chi connectivity index (χ0) is 26.7. The zero-order valence-corrected chi connectivity index (χ0v) is 22.2. The van der Waals surface area contributed by atoms with Gasteiger partial charge in [-0.25, -0.2) is 19.9 Å². The normalized spacial score (nSPS) is 20.7. The Balaban J connectivity index is 1.18. The average Bonchev–Trinajstić information content (AvgIpc) is 3.40. The number of aryl methyl sites for hydroxylation is 1. The minimum absolute atomic E-state index is 0.0994. The number of hydrogen-bond donors (Lipinski definition) is 3. The number of aliphatic hydroxyl groups excluding tert-OH is 1. The van der Waals surface area contributed by atoms with E-state index in [0.717, 1.165) is 25.0 Å². The number of aromatic nitrogens is 4. The van der Waals surface area contributed by atoms with Crippen LogP contribution in [0.5, 0.6) is 0 Å². The van der Waals surface area contributed by atoms with Crippen LogP contribution in [0.25, 0.3) is 22.8 Å². The summed E-state index contributed by atoms with van der Waals surface area (Å²) in [5.74, 6) is 0.198. The molecule has 1 unspecified atom stereocenters. The SMILES string of the molecule is Cc1nccc(-c2cccc(-c3csc(NC(=O)CNC(=O)C4=CC=C5CCC[C@](C)(CO)C5C4)n3)n2)n1. The Morgan fingerprint density at radius 1 is 1.11 bits per heavy atom.